The standard InChI is InChI=1S/C9H10ClN5O/c1-15-6(2-3-14-15)4-11-8-7(10)9(16)13-5-12-8/h2-3,5H,4H2,1H3,(H2,11,12,13,16). The van der Waals surface area contributed by atoms with Crippen molar-refractivity contribution >= 4 is 17.4 Å². The lowest BCUT2D eigenvalue weighted by Crippen LogP contribution is -2.12. The minimum absolute atomic E-state index is 0.0599. The first-order valence-corrected chi connectivity index (χ1v) is 5.00. The van der Waals surface area contributed by atoms with Crippen LogP contribution >= 0.6 is 11.6 Å². The van der Waals surface area contributed by atoms with Crippen LogP contribution < -0.4 is 10.9 Å². The topological polar surface area (TPSA) is 75.6 Å². The number of halogens is 1. The molecule has 7 heteroatoms. The van der Waals surface area contributed by atoms with Crippen LogP contribution in [0.4, 0.5) is 5.82 Å². The Morgan fingerprint density at radius 3 is 3.12 bits per heavy atom. The summed E-state index contributed by atoms with van der Waals surface area (Å²) < 4.78 is 1.73. The van der Waals surface area contributed by atoms with Crippen LogP contribution in [0.15, 0.2) is 23.4 Å². The van der Waals surface area contributed by atoms with Crippen molar-refractivity contribution in [1.29, 1.82) is 0 Å². The highest BCUT2D eigenvalue weighted by Gasteiger charge is 2.05. The minimum Gasteiger partial charge on any atom is -0.363 e. The average Bonchev–Trinajstić information content (AvgIpc) is 2.67. The van der Waals surface area contributed by atoms with Gasteiger partial charge in [-0.1, -0.05) is 11.6 Å². The molecule has 6 nitrogen and oxygen atoms in total. The third-order valence-electron chi connectivity index (χ3n) is 2.16. The number of H-pyrrole nitrogens is 1. The number of aromatic amines is 1. The Labute approximate surface area is 96.3 Å². The summed E-state index contributed by atoms with van der Waals surface area (Å²) in [6.45, 7) is 0.507. The van der Waals surface area contributed by atoms with E-state index in [4.69, 9.17) is 11.6 Å². The molecule has 2 aromatic rings. The Bertz CT molecular complexity index is 547. The van der Waals surface area contributed by atoms with Crippen molar-refractivity contribution in [3.05, 3.63) is 39.7 Å². The van der Waals surface area contributed by atoms with Crippen LogP contribution in [0, 0.1) is 0 Å². The van der Waals surface area contributed by atoms with E-state index < -0.39 is 0 Å². The monoisotopic (exact) mass is 239 g/mol. The molecule has 2 N–H and O–H groups in total. The highest BCUT2D eigenvalue weighted by Crippen LogP contribution is 2.13. The van der Waals surface area contributed by atoms with E-state index in [9.17, 15) is 4.79 Å². The number of aromatic nitrogens is 4. The summed E-state index contributed by atoms with van der Waals surface area (Å²) in [5.41, 5.74) is 0.613. The van der Waals surface area contributed by atoms with Gasteiger partial charge in [0, 0.05) is 13.2 Å². The van der Waals surface area contributed by atoms with Gasteiger partial charge in [0.1, 0.15) is 5.02 Å². The van der Waals surface area contributed by atoms with E-state index in [2.05, 4.69) is 20.4 Å². The molecule has 0 unspecified atom stereocenters. The maximum Gasteiger partial charge on any atom is 0.271 e. The van der Waals surface area contributed by atoms with Gasteiger partial charge in [0.15, 0.2) is 5.82 Å². The van der Waals surface area contributed by atoms with Crippen molar-refractivity contribution in [2.24, 2.45) is 7.05 Å². The highest BCUT2D eigenvalue weighted by atomic mass is 35.5. The number of anilines is 1. The van der Waals surface area contributed by atoms with Crippen molar-refractivity contribution in [1.82, 2.24) is 19.7 Å². The Morgan fingerprint density at radius 2 is 2.44 bits per heavy atom. The lowest BCUT2D eigenvalue weighted by Gasteiger charge is -2.06. The third kappa shape index (κ3) is 2.06. The van der Waals surface area contributed by atoms with Crippen molar-refractivity contribution in [3.63, 3.8) is 0 Å². The summed E-state index contributed by atoms with van der Waals surface area (Å²) >= 11 is 5.78. The molecule has 0 aliphatic rings. The van der Waals surface area contributed by atoms with E-state index >= 15 is 0 Å². The fourth-order valence-corrected chi connectivity index (χ4v) is 1.43. The lowest BCUT2D eigenvalue weighted by molar-refractivity contribution is 0.720. The molecule has 0 saturated carbocycles. The Morgan fingerprint density at radius 1 is 1.62 bits per heavy atom. The average molecular weight is 240 g/mol. The first kappa shape index (κ1) is 10.7. The second-order valence-electron chi connectivity index (χ2n) is 3.19. The molecule has 2 aromatic heterocycles. The molecule has 0 aromatic carbocycles. The van der Waals surface area contributed by atoms with Crippen molar-refractivity contribution in [3.8, 4) is 0 Å². The van der Waals surface area contributed by atoms with Gasteiger partial charge in [0.25, 0.3) is 5.56 Å². The van der Waals surface area contributed by atoms with E-state index in [0.29, 0.717) is 12.4 Å². The molecule has 84 valence electrons. The first-order chi connectivity index (χ1) is 7.68. The largest absolute Gasteiger partial charge is 0.363 e. The Hall–Kier alpha value is -1.82. The smallest absolute Gasteiger partial charge is 0.271 e. The summed E-state index contributed by atoms with van der Waals surface area (Å²) in [6.07, 6.45) is 3.00. The number of aryl methyl sites for hydroxylation is 1. The van der Waals surface area contributed by atoms with Crippen LogP contribution in [0.2, 0.25) is 5.02 Å². The molecule has 16 heavy (non-hydrogen) atoms. The fourth-order valence-electron chi connectivity index (χ4n) is 1.26. The Balaban J connectivity index is 2.14. The van der Waals surface area contributed by atoms with Gasteiger partial charge >= 0.3 is 0 Å². The lowest BCUT2D eigenvalue weighted by atomic mass is 10.4. The van der Waals surface area contributed by atoms with Crippen LogP contribution in [-0.4, -0.2) is 19.7 Å². The number of rotatable bonds is 3. The van der Waals surface area contributed by atoms with Gasteiger partial charge in [-0.15, -0.1) is 0 Å². The molecule has 0 atom stereocenters. The van der Waals surface area contributed by atoms with Crippen LogP contribution in [0.5, 0.6) is 0 Å². The van der Waals surface area contributed by atoms with Gasteiger partial charge in [-0.25, -0.2) is 4.98 Å². The van der Waals surface area contributed by atoms with Gasteiger partial charge < -0.3 is 10.3 Å². The second kappa shape index (κ2) is 4.36. The molecular formula is C9H10ClN5O. The predicted molar refractivity (Wildman–Crippen MR) is 60.4 cm³/mol. The van der Waals surface area contributed by atoms with Crippen LogP contribution in [0.1, 0.15) is 5.69 Å². The van der Waals surface area contributed by atoms with E-state index in [1.807, 2.05) is 13.1 Å². The molecular weight excluding hydrogens is 230 g/mol. The molecule has 0 aliphatic heterocycles. The summed E-state index contributed by atoms with van der Waals surface area (Å²) in [4.78, 5) is 17.5. The summed E-state index contributed by atoms with van der Waals surface area (Å²) in [5, 5.41) is 7.06. The SMILES string of the molecule is Cn1nccc1CNc1nc[nH]c(=O)c1Cl. The molecule has 0 saturated heterocycles. The normalized spacial score (nSPS) is 10.4. The van der Waals surface area contributed by atoms with Crippen LogP contribution in [-0.2, 0) is 13.6 Å². The van der Waals surface area contributed by atoms with Gasteiger partial charge in [-0.3, -0.25) is 9.48 Å². The predicted octanol–water partition coefficient (Wildman–Crippen LogP) is 0.769. The maximum atomic E-state index is 11.2. The van der Waals surface area contributed by atoms with E-state index in [1.165, 1.54) is 6.33 Å². The zero-order valence-corrected chi connectivity index (χ0v) is 9.32. The third-order valence-corrected chi connectivity index (χ3v) is 2.51. The van der Waals surface area contributed by atoms with Crippen LogP contribution in [0.25, 0.3) is 0 Å². The first-order valence-electron chi connectivity index (χ1n) is 4.62. The molecule has 2 heterocycles. The Kier molecular flexibility index (Phi) is 2.91. The highest BCUT2D eigenvalue weighted by molar-refractivity contribution is 6.32. The summed E-state index contributed by atoms with van der Waals surface area (Å²) in [5.74, 6) is 0.367. The molecule has 0 bridgehead atoms. The summed E-state index contributed by atoms with van der Waals surface area (Å²) in [7, 11) is 1.84. The number of hydrogen-bond acceptors (Lipinski definition) is 4. The quantitative estimate of drug-likeness (QED) is 0.830. The number of nitrogens with zero attached hydrogens (tertiary/aromatic N) is 3. The molecule has 0 fully saturated rings. The van der Waals surface area contributed by atoms with Crippen LogP contribution in [0.3, 0.4) is 0 Å². The minimum atomic E-state index is -0.357. The molecule has 0 spiro atoms. The van der Waals surface area contributed by atoms with Gasteiger partial charge in [0.2, 0.25) is 0 Å². The zero-order valence-electron chi connectivity index (χ0n) is 8.57. The van der Waals surface area contributed by atoms with Crippen molar-refractivity contribution in [2.75, 3.05) is 5.32 Å². The fraction of sp³-hybridized carbons (Fsp3) is 0.222. The number of hydrogen-bond donors (Lipinski definition) is 2. The van der Waals surface area contributed by atoms with Crippen molar-refractivity contribution in [2.45, 2.75) is 6.54 Å². The molecule has 0 amide bonds. The zero-order chi connectivity index (χ0) is 11.5. The van der Waals surface area contributed by atoms with E-state index in [-0.39, 0.29) is 10.6 Å². The summed E-state index contributed by atoms with van der Waals surface area (Å²) in [6, 6.07) is 1.87. The van der Waals surface area contributed by atoms with E-state index in [0.717, 1.165) is 5.69 Å². The van der Waals surface area contributed by atoms with Gasteiger partial charge in [-0.2, -0.15) is 5.10 Å². The molecule has 0 radical (unpaired) electrons. The maximum absolute atomic E-state index is 11.2. The van der Waals surface area contributed by atoms with Crippen molar-refractivity contribution < 1.29 is 0 Å². The van der Waals surface area contributed by atoms with Gasteiger partial charge in [-0.05, 0) is 6.07 Å². The number of nitrogens with one attached hydrogen (secondary N) is 2. The van der Waals surface area contributed by atoms with Gasteiger partial charge in [0.05, 0.1) is 18.6 Å². The second-order valence-corrected chi connectivity index (χ2v) is 3.57. The molecule has 2 rings (SSSR count). The van der Waals surface area contributed by atoms with E-state index in [1.54, 1.807) is 10.9 Å². The molecule has 0 aliphatic carbocycles.